The van der Waals surface area contributed by atoms with E-state index >= 15 is 0 Å². The lowest BCUT2D eigenvalue weighted by Gasteiger charge is -2.05. The Morgan fingerprint density at radius 3 is 2.44 bits per heavy atom. The van der Waals surface area contributed by atoms with Crippen molar-refractivity contribution in [1.82, 2.24) is 14.6 Å². The molecular formula is C18H13N3O4. The lowest BCUT2D eigenvalue weighted by molar-refractivity contribution is 0.0553. The molecule has 0 atom stereocenters. The molecule has 4 aromatic rings. The van der Waals surface area contributed by atoms with Gasteiger partial charge in [-0.25, -0.2) is 14.1 Å². The molecule has 0 unspecified atom stereocenters. The number of pyridine rings is 2. The first-order valence-electron chi connectivity index (χ1n) is 7.51. The third kappa shape index (κ3) is 2.13. The molecule has 0 N–H and O–H groups in total. The second-order valence-electron chi connectivity index (χ2n) is 5.42. The van der Waals surface area contributed by atoms with E-state index in [1.54, 1.807) is 16.8 Å². The number of hydrogen-bond acceptors (Lipinski definition) is 6. The number of esters is 2. The van der Waals surface area contributed by atoms with Gasteiger partial charge in [0.15, 0.2) is 5.69 Å². The normalized spacial score (nSPS) is 11.1. The van der Waals surface area contributed by atoms with Gasteiger partial charge in [-0.15, -0.1) is 0 Å². The smallest absolute Gasteiger partial charge is 0.359 e. The second kappa shape index (κ2) is 5.55. The van der Waals surface area contributed by atoms with Crippen molar-refractivity contribution in [2.75, 3.05) is 14.2 Å². The largest absolute Gasteiger partial charge is 0.465 e. The molecule has 3 aromatic heterocycles. The van der Waals surface area contributed by atoms with Crippen LogP contribution < -0.4 is 0 Å². The van der Waals surface area contributed by atoms with Crippen LogP contribution in [-0.4, -0.2) is 40.8 Å². The summed E-state index contributed by atoms with van der Waals surface area (Å²) in [4.78, 5) is 28.8. The molecule has 0 aliphatic carbocycles. The molecule has 25 heavy (non-hydrogen) atoms. The number of ether oxygens (including phenoxy) is 2. The first-order chi connectivity index (χ1) is 12.2. The third-order valence-electron chi connectivity index (χ3n) is 4.10. The molecular weight excluding hydrogens is 322 g/mol. The average molecular weight is 335 g/mol. The molecule has 7 heteroatoms. The maximum Gasteiger partial charge on any atom is 0.359 e. The Kier molecular flexibility index (Phi) is 3.35. The van der Waals surface area contributed by atoms with Gasteiger partial charge in [0.1, 0.15) is 5.56 Å². The maximum atomic E-state index is 12.2. The first kappa shape index (κ1) is 15.1. The van der Waals surface area contributed by atoms with E-state index in [-0.39, 0.29) is 11.3 Å². The highest BCUT2D eigenvalue weighted by Crippen LogP contribution is 2.27. The van der Waals surface area contributed by atoms with Crippen LogP contribution >= 0.6 is 0 Å². The Balaban J connectivity index is 2.21. The van der Waals surface area contributed by atoms with Crippen LogP contribution in [0.25, 0.3) is 27.3 Å². The van der Waals surface area contributed by atoms with Crippen LogP contribution in [0.4, 0.5) is 0 Å². The predicted molar refractivity (Wildman–Crippen MR) is 90.7 cm³/mol. The van der Waals surface area contributed by atoms with E-state index in [4.69, 9.17) is 9.47 Å². The monoisotopic (exact) mass is 335 g/mol. The molecule has 4 rings (SSSR count). The molecule has 0 amide bonds. The fraction of sp³-hybridized carbons (Fsp3) is 0.111. The highest BCUT2D eigenvalue weighted by atomic mass is 16.5. The van der Waals surface area contributed by atoms with Crippen LogP contribution in [0.2, 0.25) is 0 Å². The molecule has 3 heterocycles. The Labute approximate surface area is 141 Å². The summed E-state index contributed by atoms with van der Waals surface area (Å²) in [7, 11) is 2.49. The van der Waals surface area contributed by atoms with Gasteiger partial charge >= 0.3 is 11.9 Å². The zero-order valence-corrected chi connectivity index (χ0v) is 13.5. The first-order valence-corrected chi connectivity index (χ1v) is 7.51. The van der Waals surface area contributed by atoms with Gasteiger partial charge in [-0.2, -0.15) is 5.10 Å². The van der Waals surface area contributed by atoms with E-state index in [0.717, 1.165) is 16.3 Å². The summed E-state index contributed by atoms with van der Waals surface area (Å²) >= 11 is 0. The van der Waals surface area contributed by atoms with Crippen LogP contribution in [0.1, 0.15) is 20.8 Å². The number of hydrogen-bond donors (Lipinski definition) is 0. The summed E-state index contributed by atoms with van der Waals surface area (Å²) in [6.45, 7) is 0. The zero-order chi connectivity index (χ0) is 17.6. The van der Waals surface area contributed by atoms with Gasteiger partial charge < -0.3 is 9.47 Å². The molecule has 0 radical (unpaired) electrons. The number of carbonyl (C=O) groups is 2. The molecule has 0 saturated heterocycles. The van der Waals surface area contributed by atoms with Crippen LogP contribution in [0, 0.1) is 0 Å². The van der Waals surface area contributed by atoms with E-state index in [9.17, 15) is 9.59 Å². The van der Waals surface area contributed by atoms with Crippen molar-refractivity contribution in [3.05, 3.63) is 53.9 Å². The number of aromatic nitrogens is 3. The Hall–Kier alpha value is -3.48. The Morgan fingerprint density at radius 1 is 0.960 bits per heavy atom. The number of rotatable bonds is 2. The number of methoxy groups -OCH3 is 2. The molecule has 0 spiro atoms. The fourth-order valence-corrected chi connectivity index (χ4v) is 2.97. The Morgan fingerprint density at radius 2 is 1.68 bits per heavy atom. The second-order valence-corrected chi connectivity index (χ2v) is 5.42. The SMILES string of the molecule is COC(=O)c1nn2c(ccc3ccc4cccnc4c32)c1C(=O)OC. The van der Waals surface area contributed by atoms with E-state index in [2.05, 4.69) is 10.1 Å². The molecule has 0 fully saturated rings. The number of benzene rings is 1. The minimum absolute atomic E-state index is 0.0733. The van der Waals surface area contributed by atoms with Crippen LogP contribution in [0.3, 0.4) is 0 Å². The molecule has 1 aromatic carbocycles. The summed E-state index contributed by atoms with van der Waals surface area (Å²) < 4.78 is 11.1. The van der Waals surface area contributed by atoms with Gasteiger partial charge in [-0.05, 0) is 12.1 Å². The van der Waals surface area contributed by atoms with E-state index in [1.165, 1.54) is 14.2 Å². The molecule has 0 bridgehead atoms. The minimum Gasteiger partial charge on any atom is -0.465 e. The quantitative estimate of drug-likeness (QED) is 0.414. The number of fused-ring (bicyclic) bond motifs is 5. The van der Waals surface area contributed by atoms with Crippen molar-refractivity contribution in [2.24, 2.45) is 0 Å². The lowest BCUT2D eigenvalue weighted by atomic mass is 10.1. The number of carbonyl (C=O) groups excluding carboxylic acids is 2. The van der Waals surface area contributed by atoms with Gasteiger partial charge in [0.25, 0.3) is 0 Å². The molecule has 0 aliphatic heterocycles. The van der Waals surface area contributed by atoms with Crippen LogP contribution in [-0.2, 0) is 9.47 Å². The van der Waals surface area contributed by atoms with E-state index < -0.39 is 11.9 Å². The van der Waals surface area contributed by atoms with Gasteiger partial charge in [0, 0.05) is 17.0 Å². The van der Waals surface area contributed by atoms with Crippen LogP contribution in [0.5, 0.6) is 0 Å². The lowest BCUT2D eigenvalue weighted by Crippen LogP contribution is -2.10. The van der Waals surface area contributed by atoms with Crippen molar-refractivity contribution in [2.45, 2.75) is 0 Å². The molecule has 7 nitrogen and oxygen atoms in total. The molecule has 124 valence electrons. The van der Waals surface area contributed by atoms with E-state index in [0.29, 0.717) is 11.0 Å². The standard InChI is InChI=1S/C18H13N3O4/c1-24-17(22)13-12-8-7-11-6-5-10-4-3-9-19-14(10)16(11)21(12)20-15(13)18(23)25-2/h3-9H,1-2H3. The number of nitrogens with zero attached hydrogens (tertiary/aromatic N) is 3. The topological polar surface area (TPSA) is 82.8 Å². The Bertz CT molecular complexity index is 1160. The van der Waals surface area contributed by atoms with Crippen molar-refractivity contribution >= 4 is 39.3 Å². The highest BCUT2D eigenvalue weighted by molar-refractivity contribution is 6.10. The minimum atomic E-state index is -0.703. The summed E-state index contributed by atoms with van der Waals surface area (Å²) in [5, 5.41) is 6.14. The van der Waals surface area contributed by atoms with Gasteiger partial charge in [-0.3, -0.25) is 4.98 Å². The molecule has 0 aliphatic rings. The summed E-state index contributed by atoms with van der Waals surface area (Å²) in [6, 6.07) is 11.3. The van der Waals surface area contributed by atoms with Crippen molar-refractivity contribution < 1.29 is 19.1 Å². The predicted octanol–water partition coefficient (Wildman–Crippen LogP) is 2.61. The van der Waals surface area contributed by atoms with Crippen molar-refractivity contribution in [1.29, 1.82) is 0 Å². The maximum absolute atomic E-state index is 12.2. The van der Waals surface area contributed by atoms with Crippen molar-refractivity contribution in [3.63, 3.8) is 0 Å². The van der Waals surface area contributed by atoms with Crippen molar-refractivity contribution in [3.8, 4) is 0 Å². The highest BCUT2D eigenvalue weighted by Gasteiger charge is 2.27. The van der Waals surface area contributed by atoms with Gasteiger partial charge in [-0.1, -0.05) is 24.3 Å². The average Bonchev–Trinajstić information content (AvgIpc) is 3.06. The zero-order valence-electron chi connectivity index (χ0n) is 13.5. The summed E-state index contributed by atoms with van der Waals surface area (Å²) in [5.74, 6) is -1.35. The van der Waals surface area contributed by atoms with E-state index in [1.807, 2.05) is 30.3 Å². The molecule has 0 saturated carbocycles. The summed E-state index contributed by atoms with van der Waals surface area (Å²) in [5.41, 5.74) is 1.87. The van der Waals surface area contributed by atoms with Crippen LogP contribution in [0.15, 0.2) is 42.6 Å². The summed E-state index contributed by atoms with van der Waals surface area (Å²) in [6.07, 6.45) is 1.69. The fourth-order valence-electron chi connectivity index (χ4n) is 2.97. The van der Waals surface area contributed by atoms with Gasteiger partial charge in [0.2, 0.25) is 0 Å². The van der Waals surface area contributed by atoms with Gasteiger partial charge in [0.05, 0.1) is 30.8 Å². The third-order valence-corrected chi connectivity index (χ3v) is 4.10.